The highest BCUT2D eigenvalue weighted by Crippen LogP contribution is 2.40. The van der Waals surface area contributed by atoms with Crippen LogP contribution in [0.2, 0.25) is 0 Å². The van der Waals surface area contributed by atoms with E-state index in [9.17, 15) is 9.59 Å². The Morgan fingerprint density at radius 2 is 2.15 bits per heavy atom. The van der Waals surface area contributed by atoms with Crippen molar-refractivity contribution in [2.24, 2.45) is 7.05 Å². The summed E-state index contributed by atoms with van der Waals surface area (Å²) < 4.78 is 6.89. The Kier molecular flexibility index (Phi) is 2.93. The van der Waals surface area contributed by atoms with E-state index in [2.05, 4.69) is 0 Å². The van der Waals surface area contributed by atoms with Gasteiger partial charge in [0.15, 0.2) is 6.29 Å². The van der Waals surface area contributed by atoms with E-state index in [0.717, 1.165) is 23.1 Å². The van der Waals surface area contributed by atoms with Crippen LogP contribution >= 0.6 is 0 Å². The molecule has 4 nitrogen and oxygen atoms in total. The predicted molar refractivity (Wildman–Crippen MR) is 75.0 cm³/mol. The van der Waals surface area contributed by atoms with Gasteiger partial charge in [-0.25, -0.2) is 4.79 Å². The first-order valence-corrected chi connectivity index (χ1v) is 6.61. The zero-order valence-electron chi connectivity index (χ0n) is 11.5. The third kappa shape index (κ3) is 1.61. The van der Waals surface area contributed by atoms with Crippen LogP contribution < -0.4 is 0 Å². The zero-order chi connectivity index (χ0) is 14.3. The van der Waals surface area contributed by atoms with E-state index in [4.69, 9.17) is 4.74 Å². The average molecular weight is 269 g/mol. The van der Waals surface area contributed by atoms with Gasteiger partial charge >= 0.3 is 5.97 Å². The van der Waals surface area contributed by atoms with Crippen LogP contribution in [-0.2, 0) is 18.2 Å². The third-order valence-electron chi connectivity index (χ3n) is 3.77. The Bertz CT molecular complexity index is 713. The van der Waals surface area contributed by atoms with Crippen LogP contribution in [0.3, 0.4) is 0 Å². The molecule has 0 atom stereocenters. The van der Waals surface area contributed by atoms with Gasteiger partial charge in [-0.2, -0.15) is 0 Å². The molecule has 4 heteroatoms. The van der Waals surface area contributed by atoms with Gasteiger partial charge < -0.3 is 9.30 Å². The minimum atomic E-state index is -0.417. The highest BCUT2D eigenvalue weighted by molar-refractivity contribution is 6.03. The first kappa shape index (κ1) is 12.7. The van der Waals surface area contributed by atoms with Gasteiger partial charge in [0.25, 0.3) is 0 Å². The van der Waals surface area contributed by atoms with E-state index < -0.39 is 5.97 Å². The first-order valence-electron chi connectivity index (χ1n) is 6.61. The Labute approximate surface area is 117 Å². The molecule has 20 heavy (non-hydrogen) atoms. The van der Waals surface area contributed by atoms with Crippen LogP contribution in [-0.4, -0.2) is 23.4 Å². The van der Waals surface area contributed by atoms with Crippen molar-refractivity contribution in [2.75, 3.05) is 6.61 Å². The molecule has 2 aromatic rings. The molecule has 3 rings (SSSR count). The topological polar surface area (TPSA) is 48.3 Å². The van der Waals surface area contributed by atoms with Crippen molar-refractivity contribution in [3.8, 4) is 11.3 Å². The molecule has 1 heterocycles. The molecule has 0 unspecified atom stereocenters. The lowest BCUT2D eigenvalue weighted by atomic mass is 10.1. The Morgan fingerprint density at radius 3 is 2.85 bits per heavy atom. The van der Waals surface area contributed by atoms with Crippen LogP contribution in [0.4, 0.5) is 0 Å². The maximum Gasteiger partial charge on any atom is 0.340 e. The number of nitrogens with zero attached hydrogens (tertiary/aromatic N) is 1. The Morgan fingerprint density at radius 1 is 1.40 bits per heavy atom. The number of rotatable bonds is 3. The van der Waals surface area contributed by atoms with Gasteiger partial charge in [-0.15, -0.1) is 0 Å². The molecule has 0 spiro atoms. The lowest BCUT2D eigenvalue weighted by Gasteiger charge is -2.06. The second-order valence-electron chi connectivity index (χ2n) is 4.82. The number of hydrogen-bond donors (Lipinski definition) is 0. The highest BCUT2D eigenvalue weighted by atomic mass is 16.5. The lowest BCUT2D eigenvalue weighted by molar-refractivity contribution is 0.0523. The molecule has 0 amide bonds. The molecule has 0 N–H and O–H groups in total. The number of esters is 1. The molecule has 0 saturated heterocycles. The molecule has 0 bridgehead atoms. The van der Waals surface area contributed by atoms with Crippen molar-refractivity contribution in [3.05, 3.63) is 46.6 Å². The maximum atomic E-state index is 12.2. The lowest BCUT2D eigenvalue weighted by Crippen LogP contribution is -2.10. The molecule has 1 aliphatic rings. The summed E-state index contributed by atoms with van der Waals surface area (Å²) in [5.74, 6) is -0.417. The summed E-state index contributed by atoms with van der Waals surface area (Å²) in [6.45, 7) is 2.06. The molecule has 1 aromatic carbocycles. The summed E-state index contributed by atoms with van der Waals surface area (Å²) in [6, 6.07) is 8.01. The molecule has 102 valence electrons. The van der Waals surface area contributed by atoms with Crippen molar-refractivity contribution in [2.45, 2.75) is 13.3 Å². The van der Waals surface area contributed by atoms with Gasteiger partial charge in [-0.05, 0) is 18.1 Å². The summed E-state index contributed by atoms with van der Waals surface area (Å²) >= 11 is 0. The quantitative estimate of drug-likeness (QED) is 0.542. The Hall–Kier alpha value is -2.36. The number of benzene rings is 1. The minimum absolute atomic E-state index is 0.299. The maximum absolute atomic E-state index is 12.2. The van der Waals surface area contributed by atoms with Gasteiger partial charge in [0.2, 0.25) is 0 Å². The summed E-state index contributed by atoms with van der Waals surface area (Å²) in [5, 5.41) is 0. The first-order chi connectivity index (χ1) is 9.69. The van der Waals surface area contributed by atoms with Crippen LogP contribution in [0, 0.1) is 0 Å². The Balaban J connectivity index is 2.25. The van der Waals surface area contributed by atoms with E-state index in [1.54, 1.807) is 11.5 Å². The number of ether oxygens (including phenoxy) is 1. The number of aromatic nitrogens is 1. The number of hydrogen-bond acceptors (Lipinski definition) is 3. The highest BCUT2D eigenvalue weighted by Gasteiger charge is 2.32. The second kappa shape index (κ2) is 4.63. The molecule has 0 fully saturated rings. The fourth-order valence-corrected chi connectivity index (χ4v) is 2.94. The number of carbonyl (C=O) groups is 2. The summed E-state index contributed by atoms with van der Waals surface area (Å²) in [7, 11) is 1.81. The molecule has 1 aliphatic carbocycles. The van der Waals surface area contributed by atoms with Crippen LogP contribution in [0.15, 0.2) is 24.3 Å². The van der Waals surface area contributed by atoms with Crippen molar-refractivity contribution in [3.63, 3.8) is 0 Å². The monoisotopic (exact) mass is 269 g/mol. The fraction of sp³-hybridized carbons (Fsp3) is 0.250. The zero-order valence-corrected chi connectivity index (χ0v) is 11.5. The normalized spacial score (nSPS) is 11.9. The van der Waals surface area contributed by atoms with Gasteiger partial charge in [-0.3, -0.25) is 4.79 Å². The summed E-state index contributed by atoms with van der Waals surface area (Å²) in [5.41, 5.74) is 4.92. The van der Waals surface area contributed by atoms with Crippen LogP contribution in [0.5, 0.6) is 0 Å². The van der Waals surface area contributed by atoms with Crippen molar-refractivity contribution < 1.29 is 14.3 Å². The van der Waals surface area contributed by atoms with Crippen LogP contribution in [0.25, 0.3) is 11.3 Å². The second-order valence-corrected chi connectivity index (χ2v) is 4.82. The van der Waals surface area contributed by atoms with Crippen molar-refractivity contribution in [1.29, 1.82) is 0 Å². The van der Waals surface area contributed by atoms with Crippen LogP contribution in [0.1, 0.15) is 38.9 Å². The molecule has 0 radical (unpaired) electrons. The van der Waals surface area contributed by atoms with E-state index in [1.165, 1.54) is 5.56 Å². The molecule has 1 aromatic heterocycles. The summed E-state index contributed by atoms with van der Waals surface area (Å²) in [4.78, 5) is 23.5. The van der Waals surface area contributed by atoms with E-state index in [0.29, 0.717) is 24.3 Å². The van der Waals surface area contributed by atoms with Gasteiger partial charge in [0.05, 0.1) is 23.6 Å². The van der Waals surface area contributed by atoms with E-state index in [-0.39, 0.29) is 0 Å². The van der Waals surface area contributed by atoms with E-state index in [1.807, 2.05) is 31.3 Å². The summed E-state index contributed by atoms with van der Waals surface area (Å²) in [6.07, 6.45) is 1.40. The predicted octanol–water partition coefficient (Wildman–Crippen LogP) is 2.59. The third-order valence-corrected chi connectivity index (χ3v) is 3.77. The SMILES string of the molecule is CCOC(=O)c1c2c(n(C)c1C=O)-c1ccccc1C2. The molecule has 0 saturated carbocycles. The molecular weight excluding hydrogens is 254 g/mol. The van der Waals surface area contributed by atoms with Gasteiger partial charge in [-0.1, -0.05) is 24.3 Å². The van der Waals surface area contributed by atoms with E-state index >= 15 is 0 Å². The largest absolute Gasteiger partial charge is 0.462 e. The number of fused-ring (bicyclic) bond motifs is 3. The van der Waals surface area contributed by atoms with Gasteiger partial charge in [0, 0.05) is 19.0 Å². The van der Waals surface area contributed by atoms with Crippen molar-refractivity contribution in [1.82, 2.24) is 4.57 Å². The number of aldehydes is 1. The average Bonchev–Trinajstić information content (AvgIpc) is 2.94. The van der Waals surface area contributed by atoms with Gasteiger partial charge in [0.1, 0.15) is 0 Å². The number of carbonyl (C=O) groups excluding carboxylic acids is 2. The fourth-order valence-electron chi connectivity index (χ4n) is 2.94. The molecular formula is C16H15NO3. The molecule has 0 aliphatic heterocycles. The smallest absolute Gasteiger partial charge is 0.340 e. The minimum Gasteiger partial charge on any atom is -0.462 e. The standard InChI is InChI=1S/C16H15NO3/c1-3-20-16(19)14-12-8-10-6-4-5-7-11(10)15(12)17(2)13(14)9-18/h4-7,9H,3,8H2,1-2H3. The van der Waals surface area contributed by atoms with Crippen molar-refractivity contribution >= 4 is 12.3 Å².